The molecule has 1 N–H and O–H groups in total. The van der Waals surface area contributed by atoms with E-state index < -0.39 is 25.9 Å². The molecule has 0 bridgehead atoms. The highest BCUT2D eigenvalue weighted by Gasteiger charge is 2.26. The molecule has 0 atom stereocenters. The van der Waals surface area contributed by atoms with Gasteiger partial charge in [-0.25, -0.2) is 21.2 Å². The summed E-state index contributed by atoms with van der Waals surface area (Å²) in [5.41, 5.74) is 0.640. The van der Waals surface area contributed by atoms with Crippen molar-refractivity contribution in [1.29, 1.82) is 0 Å². The van der Waals surface area contributed by atoms with Crippen LogP contribution >= 0.6 is 0 Å². The van der Waals surface area contributed by atoms with Crippen LogP contribution in [0.4, 0.5) is 15.8 Å². The Morgan fingerprint density at radius 2 is 1.68 bits per heavy atom. The van der Waals surface area contributed by atoms with E-state index in [2.05, 4.69) is 4.72 Å². The third-order valence-electron chi connectivity index (χ3n) is 5.01. The minimum atomic E-state index is -4.15. The molecule has 0 spiro atoms. The number of anilines is 2. The second-order valence-corrected chi connectivity index (χ2v) is 10.6. The Hall–Kier alpha value is -2.21. The largest absolute Gasteiger partial charge is 0.378 e. The normalized spacial score (nSPS) is 15.3. The van der Waals surface area contributed by atoms with E-state index in [0.717, 1.165) is 12.1 Å². The summed E-state index contributed by atoms with van der Waals surface area (Å²) in [5.74, 6) is -0.686. The fourth-order valence-corrected chi connectivity index (χ4v) is 5.97. The molecule has 11 heteroatoms. The van der Waals surface area contributed by atoms with Crippen LogP contribution < -0.4 is 9.62 Å². The summed E-state index contributed by atoms with van der Waals surface area (Å²) in [6, 6.07) is 9.01. The second-order valence-electron chi connectivity index (χ2n) is 6.93. The zero-order chi connectivity index (χ0) is 22.6. The predicted molar refractivity (Wildman–Crippen MR) is 117 cm³/mol. The van der Waals surface area contributed by atoms with Gasteiger partial charge in [-0.15, -0.1) is 0 Å². The number of nitrogens with one attached hydrogen (secondary N) is 1. The van der Waals surface area contributed by atoms with E-state index in [-0.39, 0.29) is 28.6 Å². The zero-order valence-corrected chi connectivity index (χ0v) is 19.0. The van der Waals surface area contributed by atoms with Crippen LogP contribution in [-0.4, -0.2) is 60.5 Å². The van der Waals surface area contributed by atoms with Gasteiger partial charge < -0.3 is 9.64 Å². The van der Waals surface area contributed by atoms with Gasteiger partial charge in [-0.1, -0.05) is 19.9 Å². The van der Waals surface area contributed by atoms with Crippen molar-refractivity contribution in [2.45, 2.75) is 23.6 Å². The van der Waals surface area contributed by atoms with Crippen LogP contribution in [-0.2, 0) is 24.8 Å². The maximum absolute atomic E-state index is 13.6. The average Bonchev–Trinajstić information content (AvgIpc) is 2.75. The van der Waals surface area contributed by atoms with Gasteiger partial charge in [-0.05, 0) is 36.4 Å². The SMILES string of the molecule is CCN(CC)S(=O)(=O)c1ccc(N2CCOCC2)c(NS(=O)(=O)c2cccc(F)c2)c1. The van der Waals surface area contributed by atoms with Crippen LogP contribution in [0, 0.1) is 5.82 Å². The third-order valence-corrected chi connectivity index (χ3v) is 8.42. The molecule has 0 unspecified atom stereocenters. The number of rotatable bonds is 8. The van der Waals surface area contributed by atoms with Gasteiger partial charge in [0.1, 0.15) is 5.82 Å². The Kier molecular flexibility index (Phi) is 7.20. The molecule has 0 aromatic heterocycles. The number of ether oxygens (including phenoxy) is 1. The number of morpholine rings is 1. The summed E-state index contributed by atoms with van der Waals surface area (Å²) >= 11 is 0. The molecule has 8 nitrogen and oxygen atoms in total. The van der Waals surface area contributed by atoms with Crippen molar-refractivity contribution >= 4 is 31.4 Å². The van der Waals surface area contributed by atoms with E-state index in [1.165, 1.54) is 28.6 Å². The smallest absolute Gasteiger partial charge is 0.262 e. The van der Waals surface area contributed by atoms with Gasteiger partial charge in [0.15, 0.2) is 0 Å². The molecule has 1 saturated heterocycles. The van der Waals surface area contributed by atoms with Gasteiger partial charge in [0.05, 0.1) is 34.4 Å². The summed E-state index contributed by atoms with van der Waals surface area (Å²) in [7, 11) is -7.95. The molecule has 1 aliphatic rings. The molecule has 1 heterocycles. The maximum Gasteiger partial charge on any atom is 0.262 e. The summed E-state index contributed by atoms with van der Waals surface area (Å²) < 4.78 is 74.5. The lowest BCUT2D eigenvalue weighted by molar-refractivity contribution is 0.123. The fraction of sp³-hybridized carbons (Fsp3) is 0.400. The minimum absolute atomic E-state index is 0.0230. The van der Waals surface area contributed by atoms with Crippen LogP contribution in [0.25, 0.3) is 0 Å². The third kappa shape index (κ3) is 5.17. The van der Waals surface area contributed by atoms with Crippen molar-refractivity contribution in [3.63, 3.8) is 0 Å². The molecular formula is C20H26FN3O5S2. The highest BCUT2D eigenvalue weighted by Crippen LogP contribution is 2.32. The van der Waals surface area contributed by atoms with Gasteiger partial charge in [-0.3, -0.25) is 4.72 Å². The lowest BCUT2D eigenvalue weighted by Gasteiger charge is -2.31. The summed E-state index contributed by atoms with van der Waals surface area (Å²) in [4.78, 5) is 1.64. The van der Waals surface area contributed by atoms with Crippen LogP contribution in [0.15, 0.2) is 52.3 Å². The molecule has 2 aromatic rings. The Labute approximate surface area is 182 Å². The van der Waals surface area contributed by atoms with Crippen molar-refractivity contribution in [3.8, 4) is 0 Å². The van der Waals surface area contributed by atoms with E-state index >= 15 is 0 Å². The van der Waals surface area contributed by atoms with Gasteiger partial charge in [0.2, 0.25) is 10.0 Å². The molecule has 0 saturated carbocycles. The number of hydrogen-bond acceptors (Lipinski definition) is 6. The minimum Gasteiger partial charge on any atom is -0.378 e. The van der Waals surface area contributed by atoms with E-state index in [9.17, 15) is 21.2 Å². The maximum atomic E-state index is 13.6. The number of benzene rings is 2. The summed E-state index contributed by atoms with van der Waals surface area (Å²) in [6.07, 6.45) is 0. The molecule has 170 valence electrons. The highest BCUT2D eigenvalue weighted by atomic mass is 32.2. The molecule has 3 rings (SSSR count). The van der Waals surface area contributed by atoms with Crippen molar-refractivity contribution in [1.82, 2.24) is 4.31 Å². The first-order valence-electron chi connectivity index (χ1n) is 9.94. The van der Waals surface area contributed by atoms with Crippen LogP contribution in [0.1, 0.15) is 13.8 Å². The quantitative estimate of drug-likeness (QED) is 0.636. The molecule has 31 heavy (non-hydrogen) atoms. The Bertz CT molecular complexity index is 1130. The Morgan fingerprint density at radius 1 is 1.00 bits per heavy atom. The highest BCUT2D eigenvalue weighted by molar-refractivity contribution is 7.92. The average molecular weight is 472 g/mol. The van der Waals surface area contributed by atoms with Crippen molar-refractivity contribution < 1.29 is 26.0 Å². The molecule has 0 aliphatic carbocycles. The molecule has 0 amide bonds. The predicted octanol–water partition coefficient (Wildman–Crippen LogP) is 2.49. The first-order valence-corrected chi connectivity index (χ1v) is 12.9. The molecule has 1 aliphatic heterocycles. The van der Waals surface area contributed by atoms with Crippen LogP contribution in [0.3, 0.4) is 0 Å². The van der Waals surface area contributed by atoms with Crippen molar-refractivity contribution in [2.75, 3.05) is 49.0 Å². The monoisotopic (exact) mass is 471 g/mol. The Balaban J connectivity index is 2.08. The van der Waals surface area contributed by atoms with E-state index in [1.54, 1.807) is 19.9 Å². The van der Waals surface area contributed by atoms with Gasteiger partial charge in [0, 0.05) is 26.2 Å². The van der Waals surface area contributed by atoms with Gasteiger partial charge in [-0.2, -0.15) is 4.31 Å². The number of sulfonamides is 2. The topological polar surface area (TPSA) is 96.0 Å². The molecule has 1 fully saturated rings. The zero-order valence-electron chi connectivity index (χ0n) is 17.4. The Morgan fingerprint density at radius 3 is 2.29 bits per heavy atom. The lowest BCUT2D eigenvalue weighted by atomic mass is 10.2. The van der Waals surface area contributed by atoms with E-state index in [1.807, 2.05) is 4.90 Å². The van der Waals surface area contributed by atoms with Gasteiger partial charge >= 0.3 is 0 Å². The van der Waals surface area contributed by atoms with E-state index in [4.69, 9.17) is 4.74 Å². The van der Waals surface area contributed by atoms with Crippen molar-refractivity contribution in [3.05, 3.63) is 48.3 Å². The van der Waals surface area contributed by atoms with Gasteiger partial charge in [0.25, 0.3) is 10.0 Å². The molecular weight excluding hydrogens is 445 g/mol. The number of nitrogens with zero attached hydrogens (tertiary/aromatic N) is 2. The lowest BCUT2D eigenvalue weighted by Crippen LogP contribution is -2.37. The van der Waals surface area contributed by atoms with Crippen LogP contribution in [0.2, 0.25) is 0 Å². The summed E-state index contributed by atoms with van der Waals surface area (Å²) in [6.45, 7) is 6.02. The number of hydrogen-bond donors (Lipinski definition) is 1. The van der Waals surface area contributed by atoms with E-state index in [0.29, 0.717) is 32.0 Å². The second kappa shape index (κ2) is 9.51. The fourth-order valence-electron chi connectivity index (χ4n) is 3.39. The number of halogens is 1. The summed E-state index contributed by atoms with van der Waals surface area (Å²) in [5, 5.41) is 0. The molecule has 2 aromatic carbocycles. The first kappa shape index (κ1) is 23.5. The molecule has 0 radical (unpaired) electrons. The first-order chi connectivity index (χ1) is 14.7. The standard InChI is InChI=1S/C20H26FN3O5S2/c1-3-24(4-2)31(27,28)18-8-9-20(23-10-12-29-13-11-23)19(15-18)22-30(25,26)17-7-5-6-16(21)14-17/h5-9,14-15,22H,3-4,10-13H2,1-2H3. The van der Waals surface area contributed by atoms with Crippen LogP contribution in [0.5, 0.6) is 0 Å². The van der Waals surface area contributed by atoms with Crippen molar-refractivity contribution in [2.24, 2.45) is 0 Å².